The SMILES string of the molecule is CCCCCC(O[Si](C)(C)C(C)(C)C)c1ccc([C@@H]2[C@@H](C/C=C\CCCC(=O)O)[C@@H](O)C[C@H]2O[Si](C)(C)C(C)(C)C)cc1. The first kappa shape index (κ1) is 37.9. The lowest BCUT2D eigenvalue weighted by atomic mass is 9.84. The van der Waals surface area contributed by atoms with Crippen LogP contribution in [0.2, 0.25) is 36.3 Å². The number of carboxylic acid groups (broad SMARTS) is 1. The molecule has 246 valence electrons. The molecular weight excluding hydrogens is 569 g/mol. The zero-order chi connectivity index (χ0) is 32.6. The van der Waals surface area contributed by atoms with Crippen LogP contribution in [-0.2, 0) is 13.6 Å². The smallest absolute Gasteiger partial charge is 0.303 e. The van der Waals surface area contributed by atoms with Gasteiger partial charge >= 0.3 is 5.97 Å². The minimum absolute atomic E-state index is 0.0315. The van der Waals surface area contributed by atoms with Crippen molar-refractivity contribution < 1.29 is 23.9 Å². The first-order valence-corrected chi connectivity index (χ1v) is 22.6. The fraction of sp³-hybridized carbons (Fsp3) is 0.750. The third-order valence-corrected chi connectivity index (χ3v) is 19.4. The van der Waals surface area contributed by atoms with E-state index in [1.165, 1.54) is 24.0 Å². The average molecular weight is 633 g/mol. The normalized spacial score (nSPS) is 22.8. The summed E-state index contributed by atoms with van der Waals surface area (Å²) < 4.78 is 14.0. The van der Waals surface area contributed by atoms with Crippen LogP contribution in [0.15, 0.2) is 36.4 Å². The Morgan fingerprint density at radius 2 is 1.56 bits per heavy atom. The molecule has 1 saturated carbocycles. The van der Waals surface area contributed by atoms with E-state index in [0.29, 0.717) is 12.8 Å². The number of hydrogen-bond acceptors (Lipinski definition) is 4. The maximum absolute atomic E-state index is 11.3. The van der Waals surface area contributed by atoms with Gasteiger partial charge < -0.3 is 19.1 Å². The second-order valence-corrected chi connectivity index (χ2v) is 25.4. The van der Waals surface area contributed by atoms with E-state index in [0.717, 1.165) is 25.7 Å². The number of carboxylic acids is 1. The van der Waals surface area contributed by atoms with Crippen LogP contribution in [0.1, 0.15) is 129 Å². The summed E-state index contributed by atoms with van der Waals surface area (Å²) in [7, 11) is -4.00. The molecule has 0 aliphatic heterocycles. The van der Waals surface area contributed by atoms with Gasteiger partial charge in [-0.15, -0.1) is 0 Å². The van der Waals surface area contributed by atoms with Crippen molar-refractivity contribution in [3.63, 3.8) is 0 Å². The van der Waals surface area contributed by atoms with Gasteiger partial charge in [-0.2, -0.15) is 0 Å². The van der Waals surface area contributed by atoms with E-state index in [2.05, 4.69) is 111 Å². The number of hydrogen-bond donors (Lipinski definition) is 2. The first-order valence-electron chi connectivity index (χ1n) is 16.8. The van der Waals surface area contributed by atoms with Crippen LogP contribution in [0.25, 0.3) is 0 Å². The zero-order valence-electron chi connectivity index (χ0n) is 29.3. The van der Waals surface area contributed by atoms with Crippen LogP contribution < -0.4 is 0 Å². The molecule has 2 rings (SSSR count). The highest BCUT2D eigenvalue weighted by atomic mass is 28.4. The van der Waals surface area contributed by atoms with Gasteiger partial charge in [-0.3, -0.25) is 4.79 Å². The summed E-state index contributed by atoms with van der Waals surface area (Å²) in [6, 6.07) is 9.08. The van der Waals surface area contributed by atoms with Crippen molar-refractivity contribution in [2.24, 2.45) is 5.92 Å². The molecule has 1 aromatic rings. The van der Waals surface area contributed by atoms with Crippen LogP contribution in [-0.4, -0.2) is 45.0 Å². The largest absolute Gasteiger partial charge is 0.481 e. The van der Waals surface area contributed by atoms with Gasteiger partial charge in [0.1, 0.15) is 0 Å². The van der Waals surface area contributed by atoms with E-state index in [1.807, 2.05) is 0 Å². The fourth-order valence-electron chi connectivity index (χ4n) is 5.60. The van der Waals surface area contributed by atoms with E-state index in [1.54, 1.807) is 0 Å². The molecule has 0 spiro atoms. The van der Waals surface area contributed by atoms with Gasteiger partial charge in [-0.1, -0.05) is 104 Å². The predicted octanol–water partition coefficient (Wildman–Crippen LogP) is 10.4. The Balaban J connectivity index is 2.38. The van der Waals surface area contributed by atoms with Crippen molar-refractivity contribution in [2.45, 2.75) is 167 Å². The molecule has 5 atom stereocenters. The monoisotopic (exact) mass is 632 g/mol. The van der Waals surface area contributed by atoms with Gasteiger partial charge in [0, 0.05) is 12.3 Å². The van der Waals surface area contributed by atoms with Gasteiger partial charge in [0.05, 0.1) is 18.3 Å². The molecule has 0 bridgehead atoms. The number of aliphatic carboxylic acids is 1. The minimum Gasteiger partial charge on any atom is -0.481 e. The second kappa shape index (κ2) is 15.8. The van der Waals surface area contributed by atoms with E-state index < -0.39 is 28.7 Å². The Morgan fingerprint density at radius 1 is 0.953 bits per heavy atom. The van der Waals surface area contributed by atoms with Crippen molar-refractivity contribution in [3.8, 4) is 0 Å². The average Bonchev–Trinajstić information content (AvgIpc) is 3.17. The molecule has 0 radical (unpaired) electrons. The topological polar surface area (TPSA) is 76.0 Å². The molecule has 0 aromatic heterocycles. The molecule has 1 fully saturated rings. The van der Waals surface area contributed by atoms with Gasteiger partial charge in [0.15, 0.2) is 16.6 Å². The third-order valence-electron chi connectivity index (χ3n) is 10.4. The maximum Gasteiger partial charge on any atom is 0.303 e. The Bertz CT molecular complexity index is 1020. The molecule has 0 saturated heterocycles. The molecule has 0 amide bonds. The van der Waals surface area contributed by atoms with Gasteiger partial charge in [0.25, 0.3) is 0 Å². The Morgan fingerprint density at radius 3 is 2.09 bits per heavy atom. The predicted molar refractivity (Wildman–Crippen MR) is 186 cm³/mol. The van der Waals surface area contributed by atoms with Crippen LogP contribution >= 0.6 is 0 Å². The van der Waals surface area contributed by atoms with Crippen molar-refractivity contribution in [3.05, 3.63) is 47.5 Å². The summed E-state index contributed by atoms with van der Waals surface area (Å²) in [6.45, 7) is 25.3. The molecule has 1 aromatic carbocycles. The van der Waals surface area contributed by atoms with E-state index in [-0.39, 0.29) is 40.5 Å². The van der Waals surface area contributed by atoms with Crippen LogP contribution in [0, 0.1) is 5.92 Å². The molecule has 0 heterocycles. The Labute approximate surface area is 266 Å². The summed E-state index contributed by atoms with van der Waals surface area (Å²) in [6.07, 6.45) is 11.4. The molecule has 1 aliphatic rings. The van der Waals surface area contributed by atoms with Crippen LogP contribution in [0.3, 0.4) is 0 Å². The van der Waals surface area contributed by atoms with Crippen molar-refractivity contribution in [2.75, 3.05) is 0 Å². The number of aliphatic hydroxyl groups excluding tert-OH is 1. The molecule has 1 unspecified atom stereocenters. The number of rotatable bonds is 16. The summed E-state index contributed by atoms with van der Waals surface area (Å²) >= 11 is 0. The fourth-order valence-corrected chi connectivity index (χ4v) is 8.27. The lowest BCUT2D eigenvalue weighted by Crippen LogP contribution is -2.44. The summed E-state index contributed by atoms with van der Waals surface area (Å²) in [5.74, 6) is -0.599. The number of allylic oxidation sites excluding steroid dienone is 2. The molecule has 7 heteroatoms. The molecular formula is C36H64O5Si2. The van der Waals surface area contributed by atoms with Crippen LogP contribution in [0.4, 0.5) is 0 Å². The first-order chi connectivity index (χ1) is 19.8. The molecule has 1 aliphatic carbocycles. The van der Waals surface area contributed by atoms with E-state index in [4.69, 9.17) is 14.0 Å². The van der Waals surface area contributed by atoms with Gasteiger partial charge in [0.2, 0.25) is 0 Å². The van der Waals surface area contributed by atoms with Gasteiger partial charge in [-0.05, 0) is 85.4 Å². The Kier molecular flexibility index (Phi) is 14.0. The molecule has 43 heavy (non-hydrogen) atoms. The second-order valence-electron chi connectivity index (χ2n) is 15.9. The highest BCUT2D eigenvalue weighted by Gasteiger charge is 2.48. The Hall–Kier alpha value is -1.26. The van der Waals surface area contributed by atoms with Gasteiger partial charge in [-0.25, -0.2) is 0 Å². The lowest BCUT2D eigenvalue weighted by molar-refractivity contribution is -0.137. The van der Waals surface area contributed by atoms with Crippen molar-refractivity contribution >= 4 is 22.6 Å². The quantitative estimate of drug-likeness (QED) is 0.108. The highest BCUT2D eigenvalue weighted by Crippen LogP contribution is 2.48. The lowest BCUT2D eigenvalue weighted by Gasteiger charge is -2.40. The number of unbranched alkanes of at least 4 members (excludes halogenated alkanes) is 3. The summed E-state index contributed by atoms with van der Waals surface area (Å²) in [5, 5.41) is 20.5. The summed E-state index contributed by atoms with van der Waals surface area (Å²) in [4.78, 5) is 10.9. The summed E-state index contributed by atoms with van der Waals surface area (Å²) in [5.41, 5.74) is 2.48. The number of aliphatic hydroxyl groups is 1. The van der Waals surface area contributed by atoms with E-state index in [9.17, 15) is 9.90 Å². The highest BCUT2D eigenvalue weighted by molar-refractivity contribution is 6.74. The minimum atomic E-state index is -2.06. The van der Waals surface area contributed by atoms with Crippen molar-refractivity contribution in [1.29, 1.82) is 0 Å². The van der Waals surface area contributed by atoms with Crippen molar-refractivity contribution in [1.82, 2.24) is 0 Å². The van der Waals surface area contributed by atoms with E-state index >= 15 is 0 Å². The molecule has 2 N–H and O–H groups in total. The molecule has 5 nitrogen and oxygen atoms in total. The zero-order valence-corrected chi connectivity index (χ0v) is 31.3. The van der Waals surface area contributed by atoms with Crippen LogP contribution in [0.5, 0.6) is 0 Å². The standard InChI is InChI=1S/C36H64O5Si2/c1-12-13-16-20-31(40-42(8,9)35(2,3)4)27-22-24-28(25-23-27)34-29(19-17-14-15-18-21-33(38)39)30(37)26-32(34)41-43(10,11)36(5,6)7/h14,17,22-25,29-32,34,37H,12-13,15-16,18-21,26H2,1-11H3,(H,38,39)/b17-14-/t29-,30-,31?,32+,34+/m0/s1. The third kappa shape index (κ3) is 10.9. The maximum atomic E-state index is 11.3. The number of benzene rings is 1. The number of carbonyl (C=O) groups is 1.